The van der Waals surface area contributed by atoms with E-state index in [0.717, 1.165) is 10.8 Å². The molecule has 0 radical (unpaired) electrons. The number of fused-ring (bicyclic) bond motifs is 1. The van der Waals surface area contributed by atoms with Crippen LogP contribution in [0.4, 0.5) is 10.2 Å². The highest BCUT2D eigenvalue weighted by molar-refractivity contribution is 6.30. The van der Waals surface area contributed by atoms with Crippen molar-refractivity contribution in [1.82, 2.24) is 9.97 Å². The van der Waals surface area contributed by atoms with Gasteiger partial charge in [-0.3, -0.25) is 4.79 Å². The van der Waals surface area contributed by atoms with Crippen molar-refractivity contribution in [2.45, 2.75) is 12.6 Å². The van der Waals surface area contributed by atoms with Crippen molar-refractivity contribution in [1.29, 1.82) is 0 Å². The van der Waals surface area contributed by atoms with Crippen molar-refractivity contribution in [2.24, 2.45) is 5.92 Å². The molecule has 92 valence electrons. The van der Waals surface area contributed by atoms with E-state index >= 15 is 0 Å². The summed E-state index contributed by atoms with van der Waals surface area (Å²) in [5.41, 5.74) is 0. The van der Waals surface area contributed by atoms with Crippen LogP contribution < -0.4 is 5.32 Å². The number of aromatic nitrogens is 2. The maximum atomic E-state index is 12.7. The van der Waals surface area contributed by atoms with E-state index in [1.165, 1.54) is 0 Å². The van der Waals surface area contributed by atoms with Gasteiger partial charge in [-0.1, -0.05) is 11.6 Å². The predicted molar refractivity (Wildman–Crippen MR) is 66.2 cm³/mol. The molecule has 1 fully saturated rings. The van der Waals surface area contributed by atoms with E-state index in [1.54, 1.807) is 24.5 Å². The van der Waals surface area contributed by atoms with E-state index in [9.17, 15) is 9.18 Å². The highest BCUT2D eigenvalue weighted by Gasteiger charge is 2.43. The lowest BCUT2D eigenvalue weighted by atomic mass is 10.2. The molecule has 1 N–H and O–H groups in total. The molecule has 4 nitrogen and oxygen atoms in total. The largest absolute Gasteiger partial charge is 0.310 e. The molecular formula is C12H9ClFN3O. The SMILES string of the molecule is O=C(Nc1cc2cnc(Cl)cc2cn1)[C@@H]1C[C@@H]1F. The smallest absolute Gasteiger partial charge is 0.231 e. The second-order valence-electron chi connectivity index (χ2n) is 4.27. The minimum absolute atomic E-state index is 0.302. The number of halogens is 2. The van der Waals surface area contributed by atoms with Crippen LogP contribution in [0, 0.1) is 5.92 Å². The van der Waals surface area contributed by atoms with Crippen LogP contribution in [0.3, 0.4) is 0 Å². The molecule has 18 heavy (non-hydrogen) atoms. The number of anilines is 1. The maximum absolute atomic E-state index is 12.7. The van der Waals surface area contributed by atoms with Crippen molar-refractivity contribution in [3.63, 3.8) is 0 Å². The Labute approximate surface area is 107 Å². The molecule has 2 heterocycles. The number of amides is 1. The quantitative estimate of drug-likeness (QED) is 0.849. The molecule has 2 atom stereocenters. The minimum Gasteiger partial charge on any atom is -0.310 e. The number of carbonyl (C=O) groups excluding carboxylic acids is 1. The zero-order chi connectivity index (χ0) is 12.7. The van der Waals surface area contributed by atoms with Crippen LogP contribution in [0.2, 0.25) is 5.15 Å². The van der Waals surface area contributed by atoms with Gasteiger partial charge in [-0.25, -0.2) is 14.4 Å². The average Bonchev–Trinajstić information content (AvgIpc) is 3.07. The Kier molecular flexibility index (Phi) is 2.63. The van der Waals surface area contributed by atoms with Gasteiger partial charge in [-0.05, 0) is 18.6 Å². The van der Waals surface area contributed by atoms with Gasteiger partial charge in [0, 0.05) is 23.2 Å². The fourth-order valence-corrected chi connectivity index (χ4v) is 1.90. The second-order valence-corrected chi connectivity index (χ2v) is 4.66. The fourth-order valence-electron chi connectivity index (χ4n) is 1.73. The summed E-state index contributed by atoms with van der Waals surface area (Å²) in [5, 5.41) is 4.63. The minimum atomic E-state index is -1.01. The highest BCUT2D eigenvalue weighted by Crippen LogP contribution is 2.34. The molecule has 1 saturated carbocycles. The van der Waals surface area contributed by atoms with E-state index in [0.29, 0.717) is 17.4 Å². The van der Waals surface area contributed by atoms with Gasteiger partial charge in [-0.2, -0.15) is 0 Å². The summed E-state index contributed by atoms with van der Waals surface area (Å²) < 4.78 is 12.7. The van der Waals surface area contributed by atoms with E-state index in [4.69, 9.17) is 11.6 Å². The van der Waals surface area contributed by atoms with Crippen molar-refractivity contribution >= 4 is 34.1 Å². The van der Waals surface area contributed by atoms with E-state index in [2.05, 4.69) is 15.3 Å². The molecule has 3 rings (SSSR count). The first kappa shape index (κ1) is 11.3. The van der Waals surface area contributed by atoms with Crippen LogP contribution in [0.5, 0.6) is 0 Å². The summed E-state index contributed by atoms with van der Waals surface area (Å²) >= 11 is 5.76. The molecule has 0 spiro atoms. The average molecular weight is 266 g/mol. The summed E-state index contributed by atoms with van der Waals surface area (Å²) in [5.74, 6) is -0.446. The van der Waals surface area contributed by atoms with Crippen molar-refractivity contribution < 1.29 is 9.18 Å². The lowest BCUT2D eigenvalue weighted by molar-refractivity contribution is -0.117. The molecule has 0 bridgehead atoms. The highest BCUT2D eigenvalue weighted by atomic mass is 35.5. The van der Waals surface area contributed by atoms with Crippen LogP contribution in [-0.4, -0.2) is 22.0 Å². The van der Waals surface area contributed by atoms with Crippen LogP contribution in [0.15, 0.2) is 24.5 Å². The third-order valence-corrected chi connectivity index (χ3v) is 3.08. The van der Waals surface area contributed by atoms with Gasteiger partial charge in [0.1, 0.15) is 17.1 Å². The van der Waals surface area contributed by atoms with Crippen LogP contribution >= 0.6 is 11.6 Å². The molecular weight excluding hydrogens is 257 g/mol. The Morgan fingerprint density at radius 3 is 2.72 bits per heavy atom. The third kappa shape index (κ3) is 2.13. The Morgan fingerprint density at radius 2 is 2.00 bits per heavy atom. The van der Waals surface area contributed by atoms with Gasteiger partial charge in [0.2, 0.25) is 5.91 Å². The number of hydrogen-bond acceptors (Lipinski definition) is 3. The monoisotopic (exact) mass is 265 g/mol. The summed E-state index contributed by atoms with van der Waals surface area (Å²) in [6.45, 7) is 0. The summed E-state index contributed by atoms with van der Waals surface area (Å²) in [4.78, 5) is 19.6. The van der Waals surface area contributed by atoms with E-state index in [-0.39, 0.29) is 5.91 Å². The fraction of sp³-hybridized carbons (Fsp3) is 0.250. The number of hydrogen-bond donors (Lipinski definition) is 1. The standard InChI is InChI=1S/C12H9ClFN3O/c13-10-1-6-5-16-11(2-7(6)4-15-10)17-12(18)8-3-9(8)14/h1-2,4-5,8-9H,3H2,(H,16,17,18)/t8-,9+/m1/s1. The summed E-state index contributed by atoms with van der Waals surface area (Å²) in [6.07, 6.45) is 2.49. The van der Waals surface area contributed by atoms with Crippen LogP contribution in [-0.2, 0) is 4.79 Å². The third-order valence-electron chi connectivity index (χ3n) is 2.87. The molecule has 1 aliphatic carbocycles. The number of pyridine rings is 2. The van der Waals surface area contributed by atoms with Gasteiger partial charge in [0.25, 0.3) is 0 Å². The number of rotatable bonds is 2. The zero-order valence-corrected chi connectivity index (χ0v) is 9.99. The molecule has 0 saturated heterocycles. The molecule has 2 aromatic heterocycles. The predicted octanol–water partition coefficient (Wildman–Crippen LogP) is 2.58. The second kappa shape index (κ2) is 4.17. The number of alkyl halides is 1. The lowest BCUT2D eigenvalue weighted by Crippen LogP contribution is -2.15. The lowest BCUT2D eigenvalue weighted by Gasteiger charge is -2.04. The van der Waals surface area contributed by atoms with Gasteiger partial charge >= 0.3 is 0 Å². The van der Waals surface area contributed by atoms with Gasteiger partial charge < -0.3 is 5.32 Å². The molecule has 0 aliphatic heterocycles. The molecule has 1 amide bonds. The number of carbonyl (C=O) groups is 1. The molecule has 0 unspecified atom stereocenters. The molecule has 2 aromatic rings. The Hall–Kier alpha value is -1.75. The molecule has 1 aliphatic rings. The number of nitrogens with one attached hydrogen (secondary N) is 1. The van der Waals surface area contributed by atoms with Crippen LogP contribution in [0.25, 0.3) is 10.8 Å². The Balaban J connectivity index is 1.84. The van der Waals surface area contributed by atoms with Crippen molar-refractivity contribution in [2.75, 3.05) is 5.32 Å². The van der Waals surface area contributed by atoms with Crippen molar-refractivity contribution in [3.05, 3.63) is 29.7 Å². The first-order valence-electron chi connectivity index (χ1n) is 5.50. The Morgan fingerprint density at radius 1 is 1.33 bits per heavy atom. The van der Waals surface area contributed by atoms with E-state index in [1.807, 2.05) is 0 Å². The number of nitrogens with zero attached hydrogens (tertiary/aromatic N) is 2. The Bertz CT molecular complexity index is 634. The zero-order valence-electron chi connectivity index (χ0n) is 9.23. The van der Waals surface area contributed by atoms with E-state index < -0.39 is 12.1 Å². The maximum Gasteiger partial charge on any atom is 0.231 e. The van der Waals surface area contributed by atoms with Gasteiger partial charge in [0.15, 0.2) is 0 Å². The van der Waals surface area contributed by atoms with Gasteiger partial charge in [0.05, 0.1) is 5.92 Å². The van der Waals surface area contributed by atoms with Crippen molar-refractivity contribution in [3.8, 4) is 0 Å². The van der Waals surface area contributed by atoms with Gasteiger partial charge in [-0.15, -0.1) is 0 Å². The van der Waals surface area contributed by atoms with Crippen LogP contribution in [0.1, 0.15) is 6.42 Å². The summed E-state index contributed by atoms with van der Waals surface area (Å²) in [7, 11) is 0. The topological polar surface area (TPSA) is 54.9 Å². The summed E-state index contributed by atoms with van der Waals surface area (Å²) in [6, 6.07) is 3.38. The first-order chi connectivity index (χ1) is 8.63. The molecule has 6 heteroatoms. The normalized spacial score (nSPS) is 21.9. The first-order valence-corrected chi connectivity index (χ1v) is 5.87. The molecule has 0 aromatic carbocycles.